The number of furan rings is 1. The first-order valence-electron chi connectivity index (χ1n) is 6.71. The predicted molar refractivity (Wildman–Crippen MR) is 68.6 cm³/mol. The van der Waals surface area contributed by atoms with Gasteiger partial charge in [-0.25, -0.2) is 0 Å². The van der Waals surface area contributed by atoms with Crippen molar-refractivity contribution >= 4 is 11.9 Å². The molecule has 0 saturated heterocycles. The van der Waals surface area contributed by atoms with E-state index in [4.69, 9.17) is 9.52 Å². The van der Waals surface area contributed by atoms with E-state index >= 15 is 0 Å². The van der Waals surface area contributed by atoms with E-state index < -0.39 is 11.9 Å². The lowest BCUT2D eigenvalue weighted by molar-refractivity contribution is -0.144. The van der Waals surface area contributed by atoms with Gasteiger partial charge < -0.3 is 14.8 Å². The fraction of sp³-hybridized carbons (Fsp3) is 0.571. The summed E-state index contributed by atoms with van der Waals surface area (Å²) in [5.41, 5.74) is 0. The third kappa shape index (κ3) is 3.84. The summed E-state index contributed by atoms with van der Waals surface area (Å²) in [5.74, 6) is -0.583. The number of carbonyl (C=O) groups excluding carboxylic acids is 1. The number of rotatable bonds is 5. The third-order valence-corrected chi connectivity index (χ3v) is 3.61. The summed E-state index contributed by atoms with van der Waals surface area (Å²) in [6.45, 7) is 0. The third-order valence-electron chi connectivity index (χ3n) is 3.61. The van der Waals surface area contributed by atoms with Crippen molar-refractivity contribution in [3.8, 4) is 0 Å². The molecule has 1 aliphatic carbocycles. The minimum absolute atomic E-state index is 0.102. The maximum absolute atomic E-state index is 11.8. The molecular formula is C14H19NO4. The van der Waals surface area contributed by atoms with Gasteiger partial charge in [0.05, 0.1) is 12.2 Å². The minimum atomic E-state index is -0.809. The van der Waals surface area contributed by atoms with Gasteiger partial charge in [-0.1, -0.05) is 12.8 Å². The molecule has 1 fully saturated rings. The Hall–Kier alpha value is -1.78. The zero-order chi connectivity index (χ0) is 13.7. The van der Waals surface area contributed by atoms with Crippen LogP contribution < -0.4 is 5.32 Å². The highest BCUT2D eigenvalue weighted by atomic mass is 16.4. The first-order valence-corrected chi connectivity index (χ1v) is 6.71. The molecule has 0 bridgehead atoms. The van der Waals surface area contributed by atoms with Crippen LogP contribution in [0.4, 0.5) is 0 Å². The number of hydrogen-bond donors (Lipinski definition) is 2. The van der Waals surface area contributed by atoms with Crippen LogP contribution in [0.2, 0.25) is 0 Å². The number of carbonyl (C=O) groups is 2. The smallest absolute Gasteiger partial charge is 0.308 e. The maximum Gasteiger partial charge on any atom is 0.308 e. The Morgan fingerprint density at radius 3 is 2.84 bits per heavy atom. The van der Waals surface area contributed by atoms with E-state index in [0.717, 1.165) is 25.0 Å². The predicted octanol–water partition coefficient (Wildman–Crippen LogP) is 1.97. The van der Waals surface area contributed by atoms with Crippen molar-refractivity contribution in [2.75, 3.05) is 0 Å². The fourth-order valence-corrected chi connectivity index (χ4v) is 2.57. The molecule has 5 nitrogen and oxygen atoms in total. The van der Waals surface area contributed by atoms with Crippen LogP contribution in [-0.4, -0.2) is 23.0 Å². The Balaban J connectivity index is 1.81. The first kappa shape index (κ1) is 13.6. The molecule has 1 aromatic rings. The summed E-state index contributed by atoms with van der Waals surface area (Å²) in [5, 5.41) is 12.0. The Bertz CT molecular complexity index is 427. The Kier molecular flexibility index (Phi) is 4.60. The number of amides is 1. The highest BCUT2D eigenvalue weighted by Gasteiger charge is 2.31. The molecule has 1 aliphatic rings. The van der Waals surface area contributed by atoms with E-state index in [9.17, 15) is 9.59 Å². The highest BCUT2D eigenvalue weighted by molar-refractivity contribution is 5.78. The molecule has 1 aromatic heterocycles. The summed E-state index contributed by atoms with van der Waals surface area (Å²) in [6, 6.07) is 3.39. The summed E-state index contributed by atoms with van der Waals surface area (Å²) in [6.07, 6.45) is 5.76. The van der Waals surface area contributed by atoms with Crippen LogP contribution in [0.3, 0.4) is 0 Å². The summed E-state index contributed by atoms with van der Waals surface area (Å²) < 4.78 is 5.16. The molecule has 1 saturated carbocycles. The van der Waals surface area contributed by atoms with Crippen LogP contribution in [0.15, 0.2) is 22.8 Å². The first-order chi connectivity index (χ1) is 9.16. The average Bonchev–Trinajstić information content (AvgIpc) is 2.90. The number of nitrogens with one attached hydrogen (secondary N) is 1. The number of hydrogen-bond acceptors (Lipinski definition) is 3. The van der Waals surface area contributed by atoms with Crippen LogP contribution in [0.25, 0.3) is 0 Å². The van der Waals surface area contributed by atoms with Gasteiger partial charge in [-0.05, 0) is 25.0 Å². The molecule has 5 heteroatoms. The Morgan fingerprint density at radius 1 is 1.37 bits per heavy atom. The normalized spacial score (nSPS) is 22.9. The second-order valence-electron chi connectivity index (χ2n) is 4.98. The molecule has 0 aliphatic heterocycles. The molecule has 2 rings (SSSR count). The van der Waals surface area contributed by atoms with Crippen molar-refractivity contribution < 1.29 is 19.1 Å². The van der Waals surface area contributed by atoms with Crippen LogP contribution in [-0.2, 0) is 16.0 Å². The molecule has 2 N–H and O–H groups in total. The lowest BCUT2D eigenvalue weighted by atomic mass is 9.84. The second kappa shape index (κ2) is 6.41. The summed E-state index contributed by atoms with van der Waals surface area (Å²) >= 11 is 0. The molecular weight excluding hydrogens is 246 g/mol. The monoisotopic (exact) mass is 265 g/mol. The minimum Gasteiger partial charge on any atom is -0.481 e. The van der Waals surface area contributed by atoms with Gasteiger partial charge in [0.25, 0.3) is 0 Å². The van der Waals surface area contributed by atoms with E-state index in [0.29, 0.717) is 19.3 Å². The van der Waals surface area contributed by atoms with Crippen molar-refractivity contribution in [3.05, 3.63) is 24.2 Å². The van der Waals surface area contributed by atoms with Gasteiger partial charge in [-0.3, -0.25) is 9.59 Å². The summed E-state index contributed by atoms with van der Waals surface area (Å²) in [4.78, 5) is 23.0. The van der Waals surface area contributed by atoms with Crippen molar-refractivity contribution in [2.45, 2.75) is 44.6 Å². The lowest BCUT2D eigenvalue weighted by Crippen LogP contribution is -2.45. The standard InChI is InChI=1S/C14H19NO4/c16-13(8-7-10-4-3-9-19-10)15-12-6-2-1-5-11(12)14(17)18/h3-4,9,11-12H,1-2,5-8H2,(H,15,16)(H,17,18). The van der Waals surface area contributed by atoms with Crippen molar-refractivity contribution in [1.29, 1.82) is 0 Å². The Labute approximate surface area is 112 Å². The maximum atomic E-state index is 11.8. The van der Waals surface area contributed by atoms with Gasteiger partial charge in [-0.2, -0.15) is 0 Å². The van der Waals surface area contributed by atoms with Crippen molar-refractivity contribution in [2.24, 2.45) is 5.92 Å². The molecule has 2 unspecified atom stereocenters. The van der Waals surface area contributed by atoms with Gasteiger partial charge in [0.2, 0.25) is 5.91 Å². The molecule has 19 heavy (non-hydrogen) atoms. The number of carboxylic acids is 1. The van der Waals surface area contributed by atoms with E-state index in [1.165, 1.54) is 0 Å². The quantitative estimate of drug-likeness (QED) is 0.853. The molecule has 1 heterocycles. The van der Waals surface area contributed by atoms with Gasteiger partial charge >= 0.3 is 5.97 Å². The largest absolute Gasteiger partial charge is 0.481 e. The highest BCUT2D eigenvalue weighted by Crippen LogP contribution is 2.24. The van der Waals surface area contributed by atoms with Crippen LogP contribution >= 0.6 is 0 Å². The molecule has 1 amide bonds. The van der Waals surface area contributed by atoms with E-state index in [-0.39, 0.29) is 11.9 Å². The molecule has 0 spiro atoms. The van der Waals surface area contributed by atoms with E-state index in [1.54, 1.807) is 12.3 Å². The summed E-state index contributed by atoms with van der Waals surface area (Å²) in [7, 11) is 0. The van der Waals surface area contributed by atoms with Crippen LogP contribution in [0.1, 0.15) is 37.9 Å². The zero-order valence-corrected chi connectivity index (χ0v) is 10.8. The fourth-order valence-electron chi connectivity index (χ4n) is 2.57. The lowest BCUT2D eigenvalue weighted by Gasteiger charge is -2.29. The molecule has 104 valence electrons. The SMILES string of the molecule is O=C(CCc1ccco1)NC1CCCCC1C(=O)O. The van der Waals surface area contributed by atoms with Crippen molar-refractivity contribution in [1.82, 2.24) is 5.32 Å². The van der Waals surface area contributed by atoms with E-state index in [2.05, 4.69) is 5.32 Å². The number of aliphatic carboxylic acids is 1. The topological polar surface area (TPSA) is 79.5 Å². The van der Waals surface area contributed by atoms with Crippen molar-refractivity contribution in [3.63, 3.8) is 0 Å². The van der Waals surface area contributed by atoms with Gasteiger partial charge in [-0.15, -0.1) is 0 Å². The van der Waals surface area contributed by atoms with Gasteiger partial charge in [0.15, 0.2) is 0 Å². The average molecular weight is 265 g/mol. The van der Waals surface area contributed by atoms with Crippen LogP contribution in [0.5, 0.6) is 0 Å². The molecule has 0 aromatic carbocycles. The van der Waals surface area contributed by atoms with Gasteiger partial charge in [0.1, 0.15) is 5.76 Å². The number of carboxylic acid groups (broad SMARTS) is 1. The second-order valence-corrected chi connectivity index (χ2v) is 4.98. The van der Waals surface area contributed by atoms with E-state index in [1.807, 2.05) is 6.07 Å². The zero-order valence-electron chi connectivity index (χ0n) is 10.8. The van der Waals surface area contributed by atoms with Gasteiger partial charge in [0, 0.05) is 18.9 Å². The molecule has 0 radical (unpaired) electrons. The Morgan fingerprint density at radius 2 is 2.16 bits per heavy atom. The molecule has 2 atom stereocenters. The number of aryl methyl sites for hydroxylation is 1. The van der Waals surface area contributed by atoms with Crippen LogP contribution in [0, 0.1) is 5.92 Å².